The van der Waals surface area contributed by atoms with Gasteiger partial charge in [-0.25, -0.2) is 0 Å². The van der Waals surface area contributed by atoms with Crippen molar-refractivity contribution in [1.82, 2.24) is 0 Å². The summed E-state index contributed by atoms with van der Waals surface area (Å²) in [5.74, 6) is 0. The van der Waals surface area contributed by atoms with Gasteiger partial charge >= 0.3 is 0 Å². The first-order valence-corrected chi connectivity index (χ1v) is 6.30. The predicted molar refractivity (Wildman–Crippen MR) is 75.6 cm³/mol. The molecule has 0 aliphatic rings. The van der Waals surface area contributed by atoms with Gasteiger partial charge < -0.3 is 0 Å². The molecule has 0 N–H and O–H groups in total. The minimum Gasteiger partial charge on any atom is -0.0827 e. The summed E-state index contributed by atoms with van der Waals surface area (Å²) in [5.41, 5.74) is 3.35. The molecule has 2 heteroatoms. The van der Waals surface area contributed by atoms with Gasteiger partial charge in [0.25, 0.3) is 0 Å². The third kappa shape index (κ3) is 2.83. The minimum atomic E-state index is 0.589. The number of halogens is 2. The van der Waals surface area contributed by atoms with Crippen molar-refractivity contribution in [3.63, 3.8) is 0 Å². The molecule has 0 aromatic heterocycles. The maximum Gasteiger partial charge on any atom is 0.0670 e. The zero-order chi connectivity index (χ0) is 12.3. The van der Waals surface area contributed by atoms with Crippen LogP contribution in [0.5, 0.6) is 0 Å². The van der Waals surface area contributed by atoms with Crippen molar-refractivity contribution < 1.29 is 0 Å². The second-order valence-corrected chi connectivity index (χ2v) is 4.69. The fraction of sp³-hybridized carbons (Fsp3) is 0.133. The summed E-state index contributed by atoms with van der Waals surface area (Å²) in [4.78, 5) is 0. The van der Waals surface area contributed by atoms with Crippen LogP contribution in [0.15, 0.2) is 42.5 Å². The topological polar surface area (TPSA) is 0 Å². The molecule has 0 bridgehead atoms. The molecule has 2 aromatic rings. The average molecular weight is 264 g/mol. The average Bonchev–Trinajstić information content (AvgIpc) is 2.34. The zero-order valence-corrected chi connectivity index (χ0v) is 10.9. The van der Waals surface area contributed by atoms with E-state index in [1.54, 1.807) is 6.07 Å². The van der Waals surface area contributed by atoms with E-state index < -0.39 is 0 Å². The molecule has 87 valence electrons. The molecule has 0 heterocycles. The summed E-state index contributed by atoms with van der Waals surface area (Å²) in [5, 5.41) is 1.20. The van der Waals surface area contributed by atoms with Crippen molar-refractivity contribution in [2.45, 2.75) is 12.8 Å². The summed E-state index contributed by atoms with van der Waals surface area (Å²) in [6.07, 6.45) is 1.92. The lowest BCUT2D eigenvalue weighted by Crippen LogP contribution is -1.84. The minimum absolute atomic E-state index is 0.589. The number of hydrogen-bond donors (Lipinski definition) is 0. The van der Waals surface area contributed by atoms with Crippen molar-refractivity contribution in [1.29, 1.82) is 0 Å². The molecule has 0 nitrogen and oxygen atoms in total. The molecule has 0 unspecified atom stereocenters. The number of hydrogen-bond acceptors (Lipinski definition) is 0. The van der Waals surface area contributed by atoms with E-state index >= 15 is 0 Å². The standard InChI is InChI=1S/C15H13Cl2/c1-2-4-11-7-9-12(10-8-11)13-5-3-6-14(16)15(13)17/h3,5-10H,1-2,4H2. The lowest BCUT2D eigenvalue weighted by Gasteiger charge is -2.07. The highest BCUT2D eigenvalue weighted by atomic mass is 35.5. The van der Waals surface area contributed by atoms with Crippen LogP contribution in [-0.2, 0) is 6.42 Å². The lowest BCUT2D eigenvalue weighted by molar-refractivity contribution is 1.000. The largest absolute Gasteiger partial charge is 0.0827 e. The van der Waals surface area contributed by atoms with Gasteiger partial charge in [0, 0.05) is 5.56 Å². The molecule has 0 fully saturated rings. The van der Waals surface area contributed by atoms with Gasteiger partial charge in [-0.2, -0.15) is 0 Å². The van der Waals surface area contributed by atoms with E-state index in [1.807, 2.05) is 12.1 Å². The number of rotatable bonds is 3. The summed E-state index contributed by atoms with van der Waals surface area (Å²) < 4.78 is 0. The maximum atomic E-state index is 6.19. The first-order chi connectivity index (χ1) is 8.22. The van der Waals surface area contributed by atoms with Crippen LogP contribution >= 0.6 is 23.2 Å². The van der Waals surface area contributed by atoms with Gasteiger partial charge in [-0.15, -0.1) is 0 Å². The van der Waals surface area contributed by atoms with E-state index in [4.69, 9.17) is 23.2 Å². The molecule has 2 aromatic carbocycles. The Labute approximate surface area is 112 Å². The summed E-state index contributed by atoms with van der Waals surface area (Å²) in [7, 11) is 0. The lowest BCUT2D eigenvalue weighted by atomic mass is 10.0. The Morgan fingerprint density at radius 2 is 1.65 bits per heavy atom. The van der Waals surface area contributed by atoms with Crippen molar-refractivity contribution in [3.8, 4) is 11.1 Å². The summed E-state index contributed by atoms with van der Waals surface area (Å²) in [6, 6.07) is 14.0. The SMILES string of the molecule is [CH2]CCc1ccc(-c2cccc(Cl)c2Cl)cc1. The van der Waals surface area contributed by atoms with Gasteiger partial charge in [-0.05, 0) is 30.0 Å². The van der Waals surface area contributed by atoms with E-state index in [9.17, 15) is 0 Å². The van der Waals surface area contributed by atoms with Gasteiger partial charge in [-0.3, -0.25) is 0 Å². The highest BCUT2D eigenvalue weighted by Crippen LogP contribution is 2.33. The van der Waals surface area contributed by atoms with Gasteiger partial charge in [0.2, 0.25) is 0 Å². The third-order valence-corrected chi connectivity index (χ3v) is 3.50. The van der Waals surface area contributed by atoms with Crippen LogP contribution in [0.2, 0.25) is 10.0 Å². The Balaban J connectivity index is 2.36. The zero-order valence-electron chi connectivity index (χ0n) is 9.42. The Hall–Kier alpha value is -0.980. The predicted octanol–water partition coefficient (Wildman–Crippen LogP) is 5.43. The van der Waals surface area contributed by atoms with Crippen molar-refractivity contribution >= 4 is 23.2 Å². The molecule has 2 rings (SSSR count). The summed E-state index contributed by atoms with van der Waals surface area (Å²) in [6.45, 7) is 3.85. The van der Waals surface area contributed by atoms with Crippen molar-refractivity contribution in [2.75, 3.05) is 0 Å². The van der Waals surface area contributed by atoms with Crippen LogP contribution in [0.3, 0.4) is 0 Å². The van der Waals surface area contributed by atoms with Gasteiger partial charge in [-0.1, -0.05) is 66.5 Å². The molecular formula is C15H13Cl2. The molecular weight excluding hydrogens is 251 g/mol. The maximum absolute atomic E-state index is 6.19. The first-order valence-electron chi connectivity index (χ1n) is 5.55. The second-order valence-electron chi connectivity index (χ2n) is 3.90. The summed E-state index contributed by atoms with van der Waals surface area (Å²) >= 11 is 12.2. The van der Waals surface area contributed by atoms with E-state index in [0.29, 0.717) is 10.0 Å². The fourth-order valence-corrected chi connectivity index (χ4v) is 2.19. The van der Waals surface area contributed by atoms with Gasteiger partial charge in [0.15, 0.2) is 0 Å². The van der Waals surface area contributed by atoms with Crippen LogP contribution in [0.4, 0.5) is 0 Å². The monoisotopic (exact) mass is 263 g/mol. The first kappa shape index (κ1) is 12.5. The molecule has 0 saturated carbocycles. The highest BCUT2D eigenvalue weighted by molar-refractivity contribution is 6.43. The van der Waals surface area contributed by atoms with Crippen LogP contribution in [0, 0.1) is 6.92 Å². The molecule has 0 amide bonds. The molecule has 0 saturated heterocycles. The van der Waals surface area contributed by atoms with Crippen LogP contribution in [0.1, 0.15) is 12.0 Å². The van der Waals surface area contributed by atoms with E-state index in [2.05, 4.69) is 31.2 Å². The third-order valence-electron chi connectivity index (χ3n) is 2.68. The van der Waals surface area contributed by atoms with E-state index in [0.717, 1.165) is 24.0 Å². The number of aryl methyl sites for hydroxylation is 1. The molecule has 0 aliphatic carbocycles. The van der Waals surface area contributed by atoms with Gasteiger partial charge in [0.1, 0.15) is 0 Å². The molecule has 17 heavy (non-hydrogen) atoms. The Bertz CT molecular complexity index is 501. The van der Waals surface area contributed by atoms with Gasteiger partial charge in [0.05, 0.1) is 10.0 Å². The highest BCUT2D eigenvalue weighted by Gasteiger charge is 2.06. The van der Waals surface area contributed by atoms with Crippen molar-refractivity contribution in [2.24, 2.45) is 0 Å². The van der Waals surface area contributed by atoms with Crippen LogP contribution < -0.4 is 0 Å². The Morgan fingerprint density at radius 3 is 2.29 bits per heavy atom. The van der Waals surface area contributed by atoms with E-state index in [-0.39, 0.29) is 0 Å². The number of benzene rings is 2. The molecule has 0 atom stereocenters. The van der Waals surface area contributed by atoms with Crippen LogP contribution in [-0.4, -0.2) is 0 Å². The normalized spacial score (nSPS) is 10.5. The van der Waals surface area contributed by atoms with E-state index in [1.165, 1.54) is 5.56 Å². The fourth-order valence-electron chi connectivity index (χ4n) is 1.78. The smallest absolute Gasteiger partial charge is 0.0670 e. The Morgan fingerprint density at radius 1 is 0.941 bits per heavy atom. The quantitative estimate of drug-likeness (QED) is 0.693. The Kier molecular flexibility index (Phi) is 4.09. The second kappa shape index (κ2) is 5.57. The van der Waals surface area contributed by atoms with Crippen LogP contribution in [0.25, 0.3) is 11.1 Å². The van der Waals surface area contributed by atoms with Crippen molar-refractivity contribution in [3.05, 3.63) is 65.0 Å². The molecule has 1 radical (unpaired) electrons. The molecule has 0 spiro atoms. The molecule has 0 aliphatic heterocycles.